The number of alkyl halides is 1. The van der Waals surface area contributed by atoms with Gasteiger partial charge in [0.25, 0.3) is 0 Å². The number of rotatable bonds is 7. The van der Waals surface area contributed by atoms with Crippen molar-refractivity contribution < 1.29 is 17.7 Å². The second-order valence-electron chi connectivity index (χ2n) is 4.67. The summed E-state index contributed by atoms with van der Waals surface area (Å²) in [6, 6.07) is 1.54. The van der Waals surface area contributed by atoms with Crippen LogP contribution in [0.25, 0.3) is 0 Å². The number of hydrogen-bond acceptors (Lipinski definition) is 5. The summed E-state index contributed by atoms with van der Waals surface area (Å²) < 4.78 is 29.7. The van der Waals surface area contributed by atoms with E-state index in [2.05, 4.69) is 10.5 Å². The summed E-state index contributed by atoms with van der Waals surface area (Å²) in [5, 5.41) is 6.05. The predicted molar refractivity (Wildman–Crippen MR) is 76.2 cm³/mol. The zero-order valence-electron chi connectivity index (χ0n) is 11.6. The highest BCUT2D eigenvalue weighted by Gasteiger charge is 2.23. The van der Waals surface area contributed by atoms with Gasteiger partial charge in [-0.2, -0.15) is 4.31 Å². The Morgan fingerprint density at radius 3 is 2.75 bits per heavy atom. The Balaban J connectivity index is 2.56. The molecule has 0 aliphatic heterocycles. The lowest BCUT2D eigenvalue weighted by Crippen LogP contribution is -2.37. The molecule has 0 aromatic carbocycles. The van der Waals surface area contributed by atoms with E-state index in [1.807, 2.05) is 0 Å². The lowest BCUT2D eigenvalue weighted by atomic mass is 10.3. The topological polar surface area (TPSA) is 92.5 Å². The van der Waals surface area contributed by atoms with Crippen LogP contribution in [0.3, 0.4) is 0 Å². The maximum atomic E-state index is 11.9. The van der Waals surface area contributed by atoms with Gasteiger partial charge in [-0.15, -0.1) is 11.6 Å². The molecule has 114 valence electrons. The molecular formula is C11H18ClN3O4S. The molecule has 9 heteroatoms. The maximum absolute atomic E-state index is 11.9. The van der Waals surface area contributed by atoms with E-state index in [0.29, 0.717) is 5.76 Å². The van der Waals surface area contributed by atoms with Crippen LogP contribution in [0.1, 0.15) is 12.7 Å². The number of carbonyl (C=O) groups is 1. The first-order chi connectivity index (χ1) is 9.24. The van der Waals surface area contributed by atoms with E-state index in [4.69, 9.17) is 16.1 Å². The van der Waals surface area contributed by atoms with Crippen molar-refractivity contribution in [2.75, 3.05) is 30.5 Å². The molecule has 1 heterocycles. The standard InChI is InChI=1S/C11H18ClN3O4S/c1-8(5-12)7-20(17,18)15(3)6-11(16)13-10-4-9(2)19-14-10/h4,8H,5-7H2,1-3H3,(H,13,14,16). The lowest BCUT2D eigenvalue weighted by Gasteiger charge is -2.18. The summed E-state index contributed by atoms with van der Waals surface area (Å²) in [6.45, 7) is 3.13. The van der Waals surface area contributed by atoms with Gasteiger partial charge < -0.3 is 9.84 Å². The second-order valence-corrected chi connectivity index (χ2v) is 7.09. The highest BCUT2D eigenvalue weighted by Crippen LogP contribution is 2.09. The summed E-state index contributed by atoms with van der Waals surface area (Å²) in [5.41, 5.74) is 0. The zero-order chi connectivity index (χ0) is 15.3. The number of aryl methyl sites for hydroxylation is 1. The molecule has 1 N–H and O–H groups in total. The van der Waals surface area contributed by atoms with Crippen LogP contribution >= 0.6 is 11.6 Å². The van der Waals surface area contributed by atoms with E-state index >= 15 is 0 Å². The highest BCUT2D eigenvalue weighted by atomic mass is 35.5. The largest absolute Gasteiger partial charge is 0.360 e. The molecule has 0 spiro atoms. The lowest BCUT2D eigenvalue weighted by molar-refractivity contribution is -0.116. The molecule has 0 aliphatic rings. The third kappa shape index (κ3) is 5.10. The summed E-state index contributed by atoms with van der Waals surface area (Å²) in [5.74, 6) is 0.304. The molecule has 20 heavy (non-hydrogen) atoms. The van der Waals surface area contributed by atoms with Crippen LogP contribution in [0.4, 0.5) is 5.82 Å². The van der Waals surface area contributed by atoms with E-state index in [1.165, 1.54) is 7.05 Å². The molecule has 0 aliphatic carbocycles. The fraction of sp³-hybridized carbons (Fsp3) is 0.636. The molecule has 1 atom stereocenters. The van der Waals surface area contributed by atoms with Gasteiger partial charge >= 0.3 is 0 Å². The summed E-state index contributed by atoms with van der Waals surface area (Å²) in [6.07, 6.45) is 0. The Morgan fingerprint density at radius 1 is 1.60 bits per heavy atom. The van der Waals surface area contributed by atoms with Gasteiger partial charge in [-0.3, -0.25) is 4.79 Å². The van der Waals surface area contributed by atoms with Crippen LogP contribution in [0.2, 0.25) is 0 Å². The first-order valence-electron chi connectivity index (χ1n) is 5.97. The Morgan fingerprint density at radius 2 is 2.25 bits per heavy atom. The molecule has 1 amide bonds. The normalized spacial score (nSPS) is 13.4. The molecule has 0 saturated carbocycles. The monoisotopic (exact) mass is 323 g/mol. The van der Waals surface area contributed by atoms with Crippen LogP contribution in [0.15, 0.2) is 10.6 Å². The third-order valence-corrected chi connectivity index (χ3v) is 5.09. The molecule has 0 bridgehead atoms. The highest BCUT2D eigenvalue weighted by molar-refractivity contribution is 7.89. The molecule has 1 aromatic heterocycles. The SMILES string of the molecule is Cc1cc(NC(=O)CN(C)S(=O)(=O)CC(C)CCl)no1. The van der Waals surface area contributed by atoms with Crippen molar-refractivity contribution in [1.82, 2.24) is 9.46 Å². The summed E-state index contributed by atoms with van der Waals surface area (Å²) in [4.78, 5) is 11.7. The maximum Gasteiger partial charge on any atom is 0.240 e. The Bertz CT molecular complexity index is 558. The number of anilines is 1. The van der Waals surface area contributed by atoms with Gasteiger partial charge in [-0.25, -0.2) is 8.42 Å². The molecule has 1 rings (SSSR count). The van der Waals surface area contributed by atoms with Crippen molar-refractivity contribution in [1.29, 1.82) is 0 Å². The van der Waals surface area contributed by atoms with E-state index in [-0.39, 0.29) is 29.9 Å². The van der Waals surface area contributed by atoms with Gasteiger partial charge in [0, 0.05) is 19.0 Å². The minimum atomic E-state index is -3.51. The van der Waals surface area contributed by atoms with Crippen LogP contribution < -0.4 is 5.32 Å². The summed E-state index contributed by atoms with van der Waals surface area (Å²) >= 11 is 5.60. The quantitative estimate of drug-likeness (QED) is 0.757. The zero-order valence-corrected chi connectivity index (χ0v) is 13.2. The number of halogens is 1. The molecule has 1 unspecified atom stereocenters. The number of sulfonamides is 1. The van der Waals surface area contributed by atoms with E-state index in [9.17, 15) is 13.2 Å². The van der Waals surface area contributed by atoms with Crippen LogP contribution in [-0.4, -0.2) is 49.0 Å². The van der Waals surface area contributed by atoms with Gasteiger partial charge in [0.15, 0.2) is 5.82 Å². The van der Waals surface area contributed by atoms with E-state index in [0.717, 1.165) is 4.31 Å². The van der Waals surface area contributed by atoms with Crippen molar-refractivity contribution in [3.63, 3.8) is 0 Å². The molecular weight excluding hydrogens is 306 g/mol. The number of nitrogens with one attached hydrogen (secondary N) is 1. The Labute approximate surface area is 123 Å². The Hall–Kier alpha value is -1.12. The van der Waals surface area contributed by atoms with Crippen molar-refractivity contribution in [3.8, 4) is 0 Å². The first-order valence-corrected chi connectivity index (χ1v) is 8.12. The van der Waals surface area contributed by atoms with Crippen molar-refractivity contribution in [2.24, 2.45) is 5.92 Å². The van der Waals surface area contributed by atoms with Crippen molar-refractivity contribution in [2.45, 2.75) is 13.8 Å². The van der Waals surface area contributed by atoms with Gasteiger partial charge in [-0.1, -0.05) is 12.1 Å². The number of nitrogens with zero attached hydrogens (tertiary/aromatic N) is 2. The smallest absolute Gasteiger partial charge is 0.240 e. The molecule has 0 saturated heterocycles. The van der Waals surface area contributed by atoms with E-state index < -0.39 is 15.9 Å². The molecule has 0 radical (unpaired) electrons. The van der Waals surface area contributed by atoms with Crippen molar-refractivity contribution in [3.05, 3.63) is 11.8 Å². The van der Waals surface area contributed by atoms with Crippen LogP contribution in [0.5, 0.6) is 0 Å². The second kappa shape index (κ2) is 7.05. The number of aromatic nitrogens is 1. The summed E-state index contributed by atoms with van der Waals surface area (Å²) in [7, 11) is -2.16. The van der Waals surface area contributed by atoms with Crippen LogP contribution in [0, 0.1) is 12.8 Å². The minimum Gasteiger partial charge on any atom is -0.360 e. The van der Waals surface area contributed by atoms with Gasteiger partial charge in [-0.05, 0) is 12.8 Å². The van der Waals surface area contributed by atoms with Crippen LogP contribution in [-0.2, 0) is 14.8 Å². The number of carbonyl (C=O) groups excluding carboxylic acids is 1. The number of hydrogen-bond donors (Lipinski definition) is 1. The fourth-order valence-corrected chi connectivity index (χ4v) is 3.08. The van der Waals surface area contributed by atoms with Gasteiger partial charge in [0.1, 0.15) is 5.76 Å². The number of amides is 1. The molecule has 7 nitrogen and oxygen atoms in total. The Kier molecular flexibility index (Phi) is 5.97. The molecule has 0 fully saturated rings. The average molecular weight is 324 g/mol. The van der Waals surface area contributed by atoms with E-state index in [1.54, 1.807) is 19.9 Å². The van der Waals surface area contributed by atoms with Crippen molar-refractivity contribution >= 4 is 33.3 Å². The van der Waals surface area contributed by atoms with Gasteiger partial charge in [0.05, 0.1) is 12.3 Å². The average Bonchev–Trinajstić information content (AvgIpc) is 2.73. The minimum absolute atomic E-state index is 0.0939. The number of likely N-dealkylation sites (N-methyl/N-ethyl adjacent to an activating group) is 1. The molecule has 1 aromatic rings. The van der Waals surface area contributed by atoms with Gasteiger partial charge in [0.2, 0.25) is 15.9 Å². The fourth-order valence-electron chi connectivity index (χ4n) is 1.44. The predicted octanol–water partition coefficient (Wildman–Crippen LogP) is 1.06. The third-order valence-electron chi connectivity index (χ3n) is 2.50. The first kappa shape index (κ1) is 16.9.